The first-order valence-corrected chi connectivity index (χ1v) is 9.13. The molecule has 0 spiro atoms. The van der Waals surface area contributed by atoms with E-state index in [0.29, 0.717) is 11.3 Å². The van der Waals surface area contributed by atoms with Crippen LogP contribution in [-0.4, -0.2) is 30.8 Å². The van der Waals surface area contributed by atoms with Gasteiger partial charge in [0.25, 0.3) is 5.91 Å². The number of hydrogen-bond donors (Lipinski definition) is 1. The van der Waals surface area contributed by atoms with Crippen molar-refractivity contribution in [3.8, 4) is 11.5 Å². The van der Waals surface area contributed by atoms with E-state index in [2.05, 4.69) is 42.4 Å². The van der Waals surface area contributed by atoms with Crippen LogP contribution in [0.3, 0.4) is 0 Å². The molecule has 0 radical (unpaired) electrons. The van der Waals surface area contributed by atoms with Gasteiger partial charge in [-0.3, -0.25) is 14.9 Å². The summed E-state index contributed by atoms with van der Waals surface area (Å²) in [5.74, 6) is 0.116. The van der Waals surface area contributed by atoms with Gasteiger partial charge in [-0.1, -0.05) is 6.07 Å². The zero-order valence-corrected chi connectivity index (χ0v) is 17.5. The van der Waals surface area contributed by atoms with Gasteiger partial charge in [0.15, 0.2) is 12.4 Å². The van der Waals surface area contributed by atoms with Crippen LogP contribution < -0.4 is 14.9 Å². The number of carbonyl (C=O) groups is 1. The molecule has 0 heterocycles. The molecule has 1 amide bonds. The molecule has 142 valence electrons. The van der Waals surface area contributed by atoms with E-state index in [-0.39, 0.29) is 11.4 Å². The fourth-order valence-corrected chi connectivity index (χ4v) is 3.64. The van der Waals surface area contributed by atoms with Crippen LogP contribution >= 0.6 is 31.9 Å². The van der Waals surface area contributed by atoms with E-state index < -0.39 is 17.4 Å². The Hall–Kier alpha value is -2.46. The van der Waals surface area contributed by atoms with Crippen molar-refractivity contribution in [2.24, 2.45) is 5.10 Å². The summed E-state index contributed by atoms with van der Waals surface area (Å²) in [4.78, 5) is 22.3. The summed E-state index contributed by atoms with van der Waals surface area (Å²) in [6.45, 7) is 1.32. The predicted octanol–water partition coefficient (Wildman–Crippen LogP) is 3.97. The zero-order chi connectivity index (χ0) is 20.0. The molecule has 0 unspecified atom stereocenters. The molecule has 0 aromatic heterocycles. The van der Waals surface area contributed by atoms with E-state index in [1.165, 1.54) is 18.3 Å². The summed E-state index contributed by atoms with van der Waals surface area (Å²) >= 11 is 6.75. The fourth-order valence-electron chi connectivity index (χ4n) is 2.10. The molecule has 0 aliphatic heterocycles. The van der Waals surface area contributed by atoms with Gasteiger partial charge in [-0.25, -0.2) is 5.43 Å². The number of nitro benzene ring substituents is 1. The Bertz CT molecular complexity index is 879. The molecule has 0 fully saturated rings. The van der Waals surface area contributed by atoms with Crippen molar-refractivity contribution in [2.75, 3.05) is 13.7 Å². The number of nitrogens with one attached hydrogen (secondary N) is 1. The maximum absolute atomic E-state index is 11.8. The first-order chi connectivity index (χ1) is 12.8. The molecule has 2 aromatic rings. The Morgan fingerprint density at radius 3 is 2.56 bits per heavy atom. The molecule has 0 aliphatic carbocycles. The summed E-state index contributed by atoms with van der Waals surface area (Å²) in [6, 6.07) is 8.04. The molecule has 1 N–H and O–H groups in total. The third-order valence-corrected chi connectivity index (χ3v) is 4.48. The highest BCUT2D eigenvalue weighted by Crippen LogP contribution is 2.34. The van der Waals surface area contributed by atoms with Crippen molar-refractivity contribution in [3.63, 3.8) is 0 Å². The maximum atomic E-state index is 11.8. The molecule has 0 atom stereocenters. The quantitative estimate of drug-likeness (QED) is 0.352. The second-order valence-electron chi connectivity index (χ2n) is 5.33. The summed E-state index contributed by atoms with van der Waals surface area (Å²) in [5.41, 5.74) is 3.54. The average molecular weight is 501 g/mol. The normalized spacial score (nSPS) is 10.7. The summed E-state index contributed by atoms with van der Waals surface area (Å²) in [6.07, 6.45) is 1.45. The number of amides is 1. The molecular weight excluding hydrogens is 486 g/mol. The zero-order valence-electron chi connectivity index (χ0n) is 14.4. The molecule has 10 heteroatoms. The van der Waals surface area contributed by atoms with Crippen LogP contribution in [0.4, 0.5) is 5.69 Å². The Balaban J connectivity index is 1.96. The van der Waals surface area contributed by atoms with Gasteiger partial charge in [0.1, 0.15) is 5.75 Å². The number of aryl methyl sites for hydroxylation is 1. The molecule has 8 nitrogen and oxygen atoms in total. The van der Waals surface area contributed by atoms with E-state index in [1.54, 1.807) is 32.2 Å². The van der Waals surface area contributed by atoms with E-state index in [9.17, 15) is 14.9 Å². The lowest BCUT2D eigenvalue weighted by Crippen LogP contribution is -2.24. The van der Waals surface area contributed by atoms with Gasteiger partial charge in [0.2, 0.25) is 0 Å². The maximum Gasteiger partial charge on any atom is 0.311 e. The van der Waals surface area contributed by atoms with Crippen LogP contribution in [0.2, 0.25) is 0 Å². The number of carbonyl (C=O) groups excluding carboxylic acids is 1. The third-order valence-electron chi connectivity index (χ3n) is 3.30. The lowest BCUT2D eigenvalue weighted by molar-refractivity contribution is -0.385. The van der Waals surface area contributed by atoms with E-state index in [1.807, 2.05) is 0 Å². The van der Waals surface area contributed by atoms with Gasteiger partial charge in [-0.15, -0.1) is 0 Å². The second-order valence-corrected chi connectivity index (χ2v) is 7.04. The molecule has 0 saturated carbocycles. The SMILES string of the molecule is COc1c(Br)cc(C=NNC(=O)COc2ccc(C)cc2[N+](=O)[O-])cc1Br. The Morgan fingerprint density at radius 1 is 1.30 bits per heavy atom. The van der Waals surface area contributed by atoms with Crippen molar-refractivity contribution >= 4 is 49.7 Å². The monoisotopic (exact) mass is 499 g/mol. The Labute approximate surface area is 172 Å². The minimum atomic E-state index is -0.558. The first kappa shape index (κ1) is 20.8. The molecule has 0 saturated heterocycles. The van der Waals surface area contributed by atoms with E-state index in [0.717, 1.165) is 14.5 Å². The average Bonchev–Trinajstić information content (AvgIpc) is 2.60. The van der Waals surface area contributed by atoms with Gasteiger partial charge in [-0.05, 0) is 68.1 Å². The minimum absolute atomic E-state index is 0.0211. The van der Waals surface area contributed by atoms with Gasteiger partial charge in [-0.2, -0.15) is 5.10 Å². The molecular formula is C17H15Br2N3O5. The van der Waals surface area contributed by atoms with Crippen LogP contribution in [0.5, 0.6) is 11.5 Å². The largest absolute Gasteiger partial charge is 0.494 e. The number of benzene rings is 2. The summed E-state index contributed by atoms with van der Waals surface area (Å²) in [7, 11) is 1.55. The molecule has 27 heavy (non-hydrogen) atoms. The number of rotatable bonds is 7. The summed E-state index contributed by atoms with van der Waals surface area (Å²) < 4.78 is 11.9. The topological polar surface area (TPSA) is 103 Å². The van der Waals surface area contributed by atoms with Gasteiger partial charge in [0, 0.05) is 6.07 Å². The molecule has 0 bridgehead atoms. The number of methoxy groups -OCH3 is 1. The number of halogens is 2. The lowest BCUT2D eigenvalue weighted by atomic mass is 10.2. The third kappa shape index (κ3) is 5.76. The smallest absolute Gasteiger partial charge is 0.311 e. The van der Waals surface area contributed by atoms with Crippen LogP contribution in [0.15, 0.2) is 44.4 Å². The second kappa shape index (κ2) is 9.47. The molecule has 0 aliphatic rings. The van der Waals surface area contributed by atoms with Gasteiger partial charge >= 0.3 is 5.69 Å². The highest BCUT2D eigenvalue weighted by Gasteiger charge is 2.16. The minimum Gasteiger partial charge on any atom is -0.494 e. The van der Waals surface area contributed by atoms with Crippen LogP contribution in [0.1, 0.15) is 11.1 Å². The van der Waals surface area contributed by atoms with E-state index >= 15 is 0 Å². The van der Waals surface area contributed by atoms with Crippen molar-refractivity contribution in [2.45, 2.75) is 6.92 Å². The lowest BCUT2D eigenvalue weighted by Gasteiger charge is -2.07. The molecule has 2 aromatic carbocycles. The van der Waals surface area contributed by atoms with Crippen molar-refractivity contribution in [3.05, 3.63) is 60.5 Å². The Morgan fingerprint density at radius 2 is 1.96 bits per heavy atom. The van der Waals surface area contributed by atoms with Crippen LogP contribution in [0, 0.1) is 17.0 Å². The number of hydrazone groups is 1. The van der Waals surface area contributed by atoms with Crippen molar-refractivity contribution in [1.82, 2.24) is 5.43 Å². The highest BCUT2D eigenvalue weighted by atomic mass is 79.9. The standard InChI is InChI=1S/C17H15Br2N3O5/c1-10-3-4-15(14(5-10)22(24)25)27-9-16(23)21-20-8-11-6-12(18)17(26-2)13(19)7-11/h3-8H,9H2,1-2H3,(H,21,23). The summed E-state index contributed by atoms with van der Waals surface area (Å²) in [5, 5.41) is 14.9. The molecule has 2 rings (SSSR count). The first-order valence-electron chi connectivity index (χ1n) is 7.54. The van der Waals surface area contributed by atoms with Crippen LogP contribution in [-0.2, 0) is 4.79 Å². The fraction of sp³-hybridized carbons (Fsp3) is 0.176. The van der Waals surface area contributed by atoms with Crippen molar-refractivity contribution in [1.29, 1.82) is 0 Å². The Kier molecular flexibility index (Phi) is 7.31. The number of hydrogen-bond acceptors (Lipinski definition) is 6. The van der Waals surface area contributed by atoms with Crippen LogP contribution in [0.25, 0.3) is 0 Å². The number of nitro groups is 1. The number of nitrogens with zero attached hydrogens (tertiary/aromatic N) is 2. The van der Waals surface area contributed by atoms with E-state index in [4.69, 9.17) is 9.47 Å². The van der Waals surface area contributed by atoms with Gasteiger partial charge < -0.3 is 9.47 Å². The number of ether oxygens (including phenoxy) is 2. The highest BCUT2D eigenvalue weighted by molar-refractivity contribution is 9.11. The predicted molar refractivity (Wildman–Crippen MR) is 107 cm³/mol. The van der Waals surface area contributed by atoms with Crippen molar-refractivity contribution < 1.29 is 19.2 Å². The van der Waals surface area contributed by atoms with Gasteiger partial charge in [0.05, 0.1) is 27.2 Å².